The summed E-state index contributed by atoms with van der Waals surface area (Å²) in [7, 11) is 0. The van der Waals surface area contributed by atoms with Crippen molar-refractivity contribution in [3.63, 3.8) is 0 Å². The van der Waals surface area contributed by atoms with Crippen LogP contribution in [0, 0.1) is 6.92 Å². The Morgan fingerprint density at radius 1 is 1.59 bits per heavy atom. The molecule has 2 aromatic rings. The number of H-pyrrole nitrogens is 1. The van der Waals surface area contributed by atoms with E-state index in [9.17, 15) is 4.79 Å². The van der Waals surface area contributed by atoms with E-state index in [0.29, 0.717) is 34.8 Å². The molecule has 2 N–H and O–H groups in total. The molecular weight excluding hydrogens is 290 g/mol. The molecule has 17 heavy (non-hydrogen) atoms. The third kappa shape index (κ3) is 2.90. The second-order valence-corrected chi connectivity index (χ2v) is 4.13. The topological polar surface area (TPSA) is 96.7 Å². The van der Waals surface area contributed by atoms with Crippen LogP contribution in [0.2, 0.25) is 0 Å². The highest BCUT2D eigenvalue weighted by atomic mass is 79.9. The first kappa shape index (κ1) is 11.8. The highest BCUT2D eigenvalue weighted by molar-refractivity contribution is 9.10. The van der Waals surface area contributed by atoms with Crippen LogP contribution < -0.4 is 10.9 Å². The minimum atomic E-state index is -0.273. The van der Waals surface area contributed by atoms with Crippen LogP contribution in [-0.4, -0.2) is 26.9 Å². The lowest BCUT2D eigenvalue weighted by Gasteiger charge is -2.04. The molecule has 0 amide bonds. The Kier molecular flexibility index (Phi) is 3.52. The van der Waals surface area contributed by atoms with Crippen LogP contribution in [0.3, 0.4) is 0 Å². The van der Waals surface area contributed by atoms with Crippen molar-refractivity contribution in [2.75, 3.05) is 11.9 Å². The van der Waals surface area contributed by atoms with Gasteiger partial charge in [0.2, 0.25) is 5.89 Å². The number of halogens is 1. The van der Waals surface area contributed by atoms with E-state index in [0.717, 1.165) is 0 Å². The van der Waals surface area contributed by atoms with Gasteiger partial charge in [0.1, 0.15) is 4.47 Å². The summed E-state index contributed by atoms with van der Waals surface area (Å²) in [5, 5.41) is 12.8. The van der Waals surface area contributed by atoms with E-state index >= 15 is 0 Å². The quantitative estimate of drug-likeness (QED) is 0.870. The zero-order valence-electron chi connectivity index (χ0n) is 9.03. The number of hydrogen-bond donors (Lipinski definition) is 2. The smallest absolute Gasteiger partial charge is 0.280 e. The van der Waals surface area contributed by atoms with Crippen molar-refractivity contribution in [1.82, 2.24) is 20.3 Å². The molecule has 0 aliphatic carbocycles. The molecule has 7 nitrogen and oxygen atoms in total. The molecule has 2 rings (SSSR count). The predicted octanol–water partition coefficient (Wildman–Crippen LogP) is 0.878. The van der Waals surface area contributed by atoms with Gasteiger partial charge in [0.15, 0.2) is 5.82 Å². The van der Waals surface area contributed by atoms with Gasteiger partial charge in [0.25, 0.3) is 5.56 Å². The number of nitrogens with one attached hydrogen (secondary N) is 2. The molecule has 2 heterocycles. The Bertz CT molecular complexity index is 565. The summed E-state index contributed by atoms with van der Waals surface area (Å²) in [4.78, 5) is 15.3. The van der Waals surface area contributed by atoms with Crippen LogP contribution in [0.4, 0.5) is 5.69 Å². The predicted molar refractivity (Wildman–Crippen MR) is 63.8 cm³/mol. The first-order valence-electron chi connectivity index (χ1n) is 4.93. The van der Waals surface area contributed by atoms with Gasteiger partial charge < -0.3 is 9.84 Å². The molecule has 0 radical (unpaired) electrons. The van der Waals surface area contributed by atoms with Crippen LogP contribution in [0.5, 0.6) is 0 Å². The van der Waals surface area contributed by atoms with Crippen LogP contribution in [0.1, 0.15) is 11.7 Å². The lowest BCUT2D eigenvalue weighted by molar-refractivity contribution is 0.387. The fraction of sp³-hybridized carbons (Fsp3) is 0.333. The molecule has 0 fully saturated rings. The molecule has 0 aliphatic rings. The number of hydrogen-bond acceptors (Lipinski definition) is 6. The summed E-state index contributed by atoms with van der Waals surface area (Å²) >= 11 is 3.17. The van der Waals surface area contributed by atoms with E-state index < -0.39 is 0 Å². The van der Waals surface area contributed by atoms with Crippen LogP contribution in [0.15, 0.2) is 20.0 Å². The molecule has 90 valence electrons. The molecular formula is C9H10BrN5O2. The van der Waals surface area contributed by atoms with Crippen molar-refractivity contribution in [3.05, 3.63) is 32.7 Å². The number of aromatic amines is 1. The van der Waals surface area contributed by atoms with Crippen LogP contribution in [0.25, 0.3) is 0 Å². The number of aromatic nitrogens is 4. The minimum Gasteiger partial charge on any atom is -0.382 e. The normalized spacial score (nSPS) is 10.5. The van der Waals surface area contributed by atoms with Gasteiger partial charge in [-0.05, 0) is 15.9 Å². The SMILES string of the molecule is Cc1nc(CCNc2cn[nH]c(=O)c2Br)no1. The second-order valence-electron chi connectivity index (χ2n) is 3.33. The van der Waals surface area contributed by atoms with Gasteiger partial charge in [-0.15, -0.1) is 0 Å². The average molecular weight is 300 g/mol. The summed E-state index contributed by atoms with van der Waals surface area (Å²) in [5.41, 5.74) is 0.361. The van der Waals surface area contributed by atoms with Crippen molar-refractivity contribution in [2.45, 2.75) is 13.3 Å². The first-order chi connectivity index (χ1) is 8.16. The van der Waals surface area contributed by atoms with Gasteiger partial charge in [0, 0.05) is 19.9 Å². The summed E-state index contributed by atoms with van der Waals surface area (Å²) in [6, 6.07) is 0. The average Bonchev–Trinajstić information content (AvgIpc) is 2.70. The number of rotatable bonds is 4. The van der Waals surface area contributed by atoms with Crippen molar-refractivity contribution >= 4 is 21.6 Å². The maximum absolute atomic E-state index is 11.2. The van der Waals surface area contributed by atoms with Crippen LogP contribution in [-0.2, 0) is 6.42 Å². The molecule has 0 saturated heterocycles. The Balaban J connectivity index is 1.94. The van der Waals surface area contributed by atoms with Gasteiger partial charge in [-0.3, -0.25) is 4.79 Å². The third-order valence-electron chi connectivity index (χ3n) is 2.03. The van der Waals surface area contributed by atoms with E-state index in [1.807, 2.05) is 0 Å². The van der Waals surface area contributed by atoms with E-state index in [2.05, 4.69) is 41.6 Å². The molecule has 0 atom stereocenters. The lowest BCUT2D eigenvalue weighted by atomic mass is 10.4. The summed E-state index contributed by atoms with van der Waals surface area (Å²) in [6.07, 6.45) is 2.14. The molecule has 0 unspecified atom stereocenters. The Hall–Kier alpha value is -1.70. The minimum absolute atomic E-state index is 0.273. The zero-order valence-corrected chi connectivity index (χ0v) is 10.6. The number of nitrogens with zero attached hydrogens (tertiary/aromatic N) is 3. The first-order valence-corrected chi connectivity index (χ1v) is 5.72. The van der Waals surface area contributed by atoms with Crippen molar-refractivity contribution in [3.8, 4) is 0 Å². The standard InChI is InChI=1S/C9H10BrN5O2/c1-5-13-7(15-17-5)2-3-11-6-4-12-14-9(16)8(6)10/h4H,2-3H2,1H3,(H2,11,14,16). The fourth-order valence-corrected chi connectivity index (χ4v) is 1.59. The summed E-state index contributed by atoms with van der Waals surface area (Å²) in [5.74, 6) is 1.17. The maximum Gasteiger partial charge on any atom is 0.280 e. The van der Waals surface area contributed by atoms with Gasteiger partial charge in [-0.1, -0.05) is 5.16 Å². The van der Waals surface area contributed by atoms with E-state index in [1.165, 1.54) is 6.20 Å². The molecule has 0 bridgehead atoms. The maximum atomic E-state index is 11.2. The lowest BCUT2D eigenvalue weighted by Crippen LogP contribution is -2.14. The zero-order chi connectivity index (χ0) is 12.3. The number of aryl methyl sites for hydroxylation is 1. The van der Waals surface area contributed by atoms with Crippen molar-refractivity contribution in [1.29, 1.82) is 0 Å². The Morgan fingerprint density at radius 2 is 2.41 bits per heavy atom. The third-order valence-corrected chi connectivity index (χ3v) is 2.82. The van der Waals surface area contributed by atoms with Gasteiger partial charge in [-0.2, -0.15) is 10.1 Å². The Labute approximate surface area is 105 Å². The second kappa shape index (κ2) is 5.09. The van der Waals surface area contributed by atoms with Gasteiger partial charge in [-0.25, -0.2) is 5.10 Å². The molecule has 0 saturated carbocycles. The Morgan fingerprint density at radius 3 is 3.12 bits per heavy atom. The fourth-order valence-electron chi connectivity index (χ4n) is 1.26. The van der Waals surface area contributed by atoms with Gasteiger partial charge >= 0.3 is 0 Å². The summed E-state index contributed by atoms with van der Waals surface area (Å²) in [6.45, 7) is 2.32. The highest BCUT2D eigenvalue weighted by Gasteiger charge is 2.05. The number of anilines is 1. The molecule has 0 aromatic carbocycles. The van der Waals surface area contributed by atoms with Crippen LogP contribution >= 0.6 is 15.9 Å². The highest BCUT2D eigenvalue weighted by Crippen LogP contribution is 2.14. The largest absolute Gasteiger partial charge is 0.382 e. The van der Waals surface area contributed by atoms with Gasteiger partial charge in [0.05, 0.1) is 11.9 Å². The molecule has 8 heteroatoms. The van der Waals surface area contributed by atoms with Crippen molar-refractivity contribution < 1.29 is 4.52 Å². The summed E-state index contributed by atoms with van der Waals surface area (Å²) < 4.78 is 5.27. The van der Waals surface area contributed by atoms with Crippen molar-refractivity contribution in [2.24, 2.45) is 0 Å². The molecule has 0 spiro atoms. The molecule has 2 aromatic heterocycles. The van der Waals surface area contributed by atoms with E-state index in [1.54, 1.807) is 6.92 Å². The van der Waals surface area contributed by atoms with E-state index in [-0.39, 0.29) is 5.56 Å². The van der Waals surface area contributed by atoms with E-state index in [4.69, 9.17) is 4.52 Å². The monoisotopic (exact) mass is 299 g/mol. The molecule has 0 aliphatic heterocycles.